The maximum absolute atomic E-state index is 9.74. The van der Waals surface area contributed by atoms with Gasteiger partial charge in [0.1, 0.15) is 6.10 Å². The third-order valence-corrected chi connectivity index (χ3v) is 0.974. The first-order valence-electron chi connectivity index (χ1n) is 3.95. The van der Waals surface area contributed by atoms with Crippen LogP contribution in [0.4, 0.5) is 0 Å². The molecule has 0 aliphatic heterocycles. The largest absolute Gasteiger partial charge is 2.00 e. The Labute approximate surface area is 125 Å². The van der Waals surface area contributed by atoms with Gasteiger partial charge in [-0.15, -0.1) is 0 Å². The third kappa shape index (κ3) is 23.6. The fourth-order valence-corrected chi connectivity index (χ4v) is 0.318. The molecule has 7 nitrogen and oxygen atoms in total. The minimum atomic E-state index is -1.13. The smallest absolute Gasteiger partial charge is 1.00 e. The molecule has 0 fully saturated rings. The topological polar surface area (TPSA) is 135 Å². The molecule has 0 aromatic carbocycles. The zero-order valence-electron chi connectivity index (χ0n) is 10.6. The summed E-state index contributed by atoms with van der Waals surface area (Å²) in [5.41, 5.74) is 0. The number of rotatable bonds is 5. The van der Waals surface area contributed by atoms with E-state index < -0.39 is 18.0 Å². The molecule has 8 heteroatoms. The van der Waals surface area contributed by atoms with E-state index in [1.54, 1.807) is 0 Å². The molecule has 0 radical (unpaired) electrons. The minimum absolute atomic E-state index is 0. The molecule has 0 saturated heterocycles. The van der Waals surface area contributed by atoms with E-state index in [9.17, 15) is 9.59 Å². The van der Waals surface area contributed by atoms with Gasteiger partial charge < -0.3 is 28.4 Å². The van der Waals surface area contributed by atoms with Crippen LogP contribution in [0.3, 0.4) is 0 Å². The molecular weight excluding hydrogens is 248 g/mol. The van der Waals surface area contributed by atoms with Crippen molar-refractivity contribution in [2.24, 2.45) is 0 Å². The van der Waals surface area contributed by atoms with Crippen LogP contribution in [-0.4, -0.2) is 94.5 Å². The van der Waals surface area contributed by atoms with E-state index >= 15 is 0 Å². The molecule has 0 bridgehead atoms. The Hall–Kier alpha value is -0.180. The molecule has 0 unspecified atom stereocenters. The van der Waals surface area contributed by atoms with Crippen LogP contribution in [0.1, 0.15) is 9.27 Å². The molecule has 0 aromatic rings. The number of aliphatic hydroxyl groups excluding tert-OH is 3. The second-order valence-corrected chi connectivity index (χ2v) is 2.36. The van der Waals surface area contributed by atoms with Gasteiger partial charge in [-0.1, -0.05) is 6.08 Å². The number of aliphatic carboxylic acids is 2. The first kappa shape index (κ1) is 21.1. The molecule has 0 aliphatic rings. The van der Waals surface area contributed by atoms with Crippen molar-refractivity contribution >= 4 is 49.7 Å². The van der Waals surface area contributed by atoms with Crippen LogP contribution < -0.4 is 0 Å². The van der Waals surface area contributed by atoms with Crippen molar-refractivity contribution in [1.82, 2.24) is 0 Å². The Balaban J connectivity index is -0.0000000566. The average molecular weight is 264 g/mol. The third-order valence-electron chi connectivity index (χ3n) is 0.974. The molecule has 92 valence electrons. The van der Waals surface area contributed by atoms with Gasteiger partial charge in [-0.3, -0.25) is 4.79 Å². The van der Waals surface area contributed by atoms with Crippen LogP contribution in [0.2, 0.25) is 0 Å². The Morgan fingerprint density at radius 1 is 1.19 bits per heavy atom. The minimum Gasteiger partial charge on any atom is -1.00 e. The van der Waals surface area contributed by atoms with E-state index in [0.717, 1.165) is 12.2 Å². The molecule has 0 atom stereocenters. The summed E-state index contributed by atoms with van der Waals surface area (Å²) in [7, 11) is 0. The maximum Gasteiger partial charge on any atom is 2.00 e. The summed E-state index contributed by atoms with van der Waals surface area (Å²) in [6.07, 6.45) is 0.676. The van der Waals surface area contributed by atoms with Gasteiger partial charge in [0.05, 0.1) is 19.6 Å². The molecule has 0 aromatic heterocycles. The van der Waals surface area contributed by atoms with Gasteiger partial charge >= 0.3 is 49.7 Å². The van der Waals surface area contributed by atoms with Crippen LogP contribution in [0.25, 0.3) is 0 Å². The summed E-state index contributed by atoms with van der Waals surface area (Å²) in [4.78, 5) is 19.4. The van der Waals surface area contributed by atoms with E-state index in [1.807, 2.05) is 0 Å². The summed E-state index contributed by atoms with van der Waals surface area (Å²) in [5.74, 6) is -2.16. The van der Waals surface area contributed by atoms with E-state index in [4.69, 9.17) is 25.5 Å². The number of hydrogen-bond acceptors (Lipinski definition) is 5. The molecule has 0 aliphatic carbocycles. The molecule has 0 saturated carbocycles. The molecule has 0 heterocycles. The van der Waals surface area contributed by atoms with Crippen LogP contribution >= 0.6 is 0 Å². The molecule has 0 spiro atoms. The fraction of sp³-hybridized carbons (Fsp3) is 0.500. The van der Waals surface area contributed by atoms with Crippen molar-refractivity contribution in [2.45, 2.75) is 12.5 Å². The van der Waals surface area contributed by atoms with Gasteiger partial charge in [0.25, 0.3) is 0 Å². The number of aliphatic hydroxyl groups is 3. The maximum atomic E-state index is 9.74. The van der Waals surface area contributed by atoms with Crippen molar-refractivity contribution in [3.63, 3.8) is 0 Å². The Bertz CT molecular complexity index is 221. The molecule has 5 N–H and O–H groups in total. The predicted molar refractivity (Wildman–Crippen MR) is 57.2 cm³/mol. The fourth-order valence-electron chi connectivity index (χ4n) is 0.318. The van der Waals surface area contributed by atoms with Gasteiger partial charge in [-0.25, -0.2) is 4.79 Å². The average Bonchev–Trinajstić information content (AvgIpc) is 2.16. The molecule has 16 heavy (non-hydrogen) atoms. The van der Waals surface area contributed by atoms with Crippen molar-refractivity contribution in [1.29, 1.82) is 0 Å². The summed E-state index contributed by atoms with van der Waals surface area (Å²) in [5, 5.41) is 39.9. The zero-order chi connectivity index (χ0) is 12.3. The van der Waals surface area contributed by atoms with Gasteiger partial charge in [-0.2, -0.15) is 0 Å². The second kappa shape index (κ2) is 14.8. The van der Waals surface area contributed by atoms with Crippen molar-refractivity contribution in [2.75, 3.05) is 13.2 Å². The van der Waals surface area contributed by atoms with E-state index in [0.29, 0.717) is 0 Å². The van der Waals surface area contributed by atoms with Crippen LogP contribution in [0.15, 0.2) is 12.2 Å². The monoisotopic (exact) mass is 264 g/mol. The molecule has 0 amide bonds. The van der Waals surface area contributed by atoms with E-state index in [1.165, 1.54) is 0 Å². The molecular formula is C8H16CaO7. The summed E-state index contributed by atoms with van der Waals surface area (Å²) in [6.45, 7) is -0.729. The number of carboxylic acids is 2. The first-order valence-corrected chi connectivity index (χ1v) is 3.95. The van der Waals surface area contributed by atoms with Crippen molar-refractivity contribution in [3.8, 4) is 0 Å². The van der Waals surface area contributed by atoms with Gasteiger partial charge in [-0.05, 0) is 0 Å². The van der Waals surface area contributed by atoms with Gasteiger partial charge in [0.15, 0.2) is 0 Å². The standard InChI is InChI=1S/C5H6O4.C3H8O3.Ca.2H/c6-4(7)2-1-3-5(8)9;4-1-3(6)2-5;;;/h1-2H,3H2,(H,6,7)(H,8,9);3-6H,1-2H2;;;/q;;+2;2*-1. The summed E-state index contributed by atoms with van der Waals surface area (Å²) in [6, 6.07) is 0. The van der Waals surface area contributed by atoms with E-state index in [2.05, 4.69) is 0 Å². The van der Waals surface area contributed by atoms with Crippen LogP contribution in [0, 0.1) is 0 Å². The predicted octanol–water partition coefficient (Wildman–Crippen LogP) is -1.72. The van der Waals surface area contributed by atoms with Crippen molar-refractivity contribution in [3.05, 3.63) is 12.2 Å². The Morgan fingerprint density at radius 2 is 1.62 bits per heavy atom. The molecule has 0 rings (SSSR count). The van der Waals surface area contributed by atoms with E-state index in [-0.39, 0.29) is 60.2 Å². The summed E-state index contributed by atoms with van der Waals surface area (Å²) < 4.78 is 0. The van der Waals surface area contributed by atoms with Gasteiger partial charge in [0, 0.05) is 6.08 Å². The second-order valence-electron chi connectivity index (χ2n) is 2.36. The van der Waals surface area contributed by atoms with Crippen molar-refractivity contribution < 1.29 is 38.0 Å². The Kier molecular flexibility index (Phi) is 19.6. The van der Waals surface area contributed by atoms with Crippen LogP contribution in [-0.2, 0) is 9.59 Å². The SMILES string of the molecule is O=C(O)C=CCC(=O)O.OCC(O)CO.[Ca+2].[H-].[H-]. The summed E-state index contributed by atoms with van der Waals surface area (Å²) >= 11 is 0. The number of carbonyl (C=O) groups is 2. The number of hydrogen-bond donors (Lipinski definition) is 5. The quantitative estimate of drug-likeness (QED) is 0.294. The zero-order valence-corrected chi connectivity index (χ0v) is 10.8. The Morgan fingerprint density at radius 3 is 1.81 bits per heavy atom. The number of carboxylic acid groups (broad SMARTS) is 2. The first-order chi connectivity index (χ1) is 6.93. The van der Waals surface area contributed by atoms with Crippen LogP contribution in [0.5, 0.6) is 0 Å². The van der Waals surface area contributed by atoms with Gasteiger partial charge in [0.2, 0.25) is 0 Å². The normalized spacial score (nSPS) is 9.25.